The fourth-order valence-electron chi connectivity index (χ4n) is 1.33. The van der Waals surface area contributed by atoms with Gasteiger partial charge in [-0.05, 0) is 12.1 Å². The summed E-state index contributed by atoms with van der Waals surface area (Å²) in [5.41, 5.74) is 0.204. The van der Waals surface area contributed by atoms with E-state index in [4.69, 9.17) is 20.8 Å². The van der Waals surface area contributed by atoms with Gasteiger partial charge in [-0.3, -0.25) is 0 Å². The molecular weight excluding hydrogens is 261 g/mol. The summed E-state index contributed by atoms with van der Waals surface area (Å²) >= 11 is 5.55. The van der Waals surface area contributed by atoms with E-state index < -0.39 is 5.82 Å². The third-order valence-corrected chi connectivity index (χ3v) is 2.38. The Hall–Kier alpha value is -1.82. The summed E-state index contributed by atoms with van der Waals surface area (Å²) in [6.07, 6.45) is 0.469. The van der Waals surface area contributed by atoms with Crippen molar-refractivity contribution in [2.24, 2.45) is 0 Å². The third kappa shape index (κ3) is 2.89. The van der Waals surface area contributed by atoms with Crippen LogP contribution in [0.15, 0.2) is 22.6 Å². The maximum Gasteiger partial charge on any atom is 0.320 e. The maximum atomic E-state index is 13.5. The molecule has 0 radical (unpaired) electrons. The van der Waals surface area contributed by atoms with Gasteiger partial charge in [0.15, 0.2) is 0 Å². The molecule has 18 heavy (non-hydrogen) atoms. The molecule has 1 aromatic heterocycles. The number of rotatable bonds is 5. The van der Waals surface area contributed by atoms with Crippen molar-refractivity contribution in [1.82, 2.24) is 10.2 Å². The minimum Gasteiger partial charge on any atom is -0.497 e. The molecular formula is C11H11ClFN3O2. The highest BCUT2D eigenvalue weighted by molar-refractivity contribution is 6.17. The lowest BCUT2D eigenvalue weighted by Gasteiger charge is -2.05. The van der Waals surface area contributed by atoms with Gasteiger partial charge in [-0.1, -0.05) is 5.10 Å². The van der Waals surface area contributed by atoms with Crippen molar-refractivity contribution in [3.05, 3.63) is 29.9 Å². The summed E-state index contributed by atoms with van der Waals surface area (Å²) in [5.74, 6) is 0.873. The molecule has 1 heterocycles. The summed E-state index contributed by atoms with van der Waals surface area (Å²) in [6, 6.07) is 4.42. The number of nitrogens with zero attached hydrogens (tertiary/aromatic N) is 2. The molecule has 0 spiro atoms. The summed E-state index contributed by atoms with van der Waals surface area (Å²) in [5, 5.41) is 10.2. The van der Waals surface area contributed by atoms with Crippen molar-refractivity contribution in [3.63, 3.8) is 0 Å². The van der Waals surface area contributed by atoms with Crippen LogP contribution in [0, 0.1) is 5.82 Å². The highest BCUT2D eigenvalue weighted by Gasteiger charge is 2.09. The molecule has 1 N–H and O–H groups in total. The summed E-state index contributed by atoms with van der Waals surface area (Å²) in [6.45, 7) is 0. The summed E-state index contributed by atoms with van der Waals surface area (Å²) in [7, 11) is 1.50. The number of halogens is 2. The number of methoxy groups -OCH3 is 1. The first-order valence-electron chi connectivity index (χ1n) is 5.22. The molecule has 0 saturated carbocycles. The SMILES string of the molecule is COc1ccc(F)c(Nc2nnc(CCCl)o2)c1. The van der Waals surface area contributed by atoms with Gasteiger partial charge in [-0.15, -0.1) is 16.7 Å². The van der Waals surface area contributed by atoms with Crippen LogP contribution in [0.5, 0.6) is 5.75 Å². The molecule has 5 nitrogen and oxygen atoms in total. The summed E-state index contributed by atoms with van der Waals surface area (Å²) in [4.78, 5) is 0. The minimum absolute atomic E-state index is 0.113. The number of hydrogen-bond donors (Lipinski definition) is 1. The highest BCUT2D eigenvalue weighted by atomic mass is 35.5. The predicted octanol–water partition coefficient (Wildman–Crippen LogP) is 2.74. The first-order chi connectivity index (χ1) is 8.72. The topological polar surface area (TPSA) is 60.2 Å². The smallest absolute Gasteiger partial charge is 0.320 e. The fourth-order valence-corrected chi connectivity index (χ4v) is 1.49. The minimum atomic E-state index is -0.437. The van der Waals surface area contributed by atoms with Crippen molar-refractivity contribution < 1.29 is 13.5 Å². The van der Waals surface area contributed by atoms with Crippen LogP contribution >= 0.6 is 11.6 Å². The van der Waals surface area contributed by atoms with E-state index in [9.17, 15) is 4.39 Å². The monoisotopic (exact) mass is 271 g/mol. The zero-order valence-corrected chi connectivity index (χ0v) is 10.4. The van der Waals surface area contributed by atoms with Gasteiger partial charge in [0.2, 0.25) is 5.89 Å². The van der Waals surface area contributed by atoms with E-state index in [1.807, 2.05) is 0 Å². The van der Waals surface area contributed by atoms with Gasteiger partial charge in [-0.25, -0.2) is 4.39 Å². The zero-order valence-electron chi connectivity index (χ0n) is 9.61. The quantitative estimate of drug-likeness (QED) is 0.848. The van der Waals surface area contributed by atoms with E-state index in [2.05, 4.69) is 15.5 Å². The van der Waals surface area contributed by atoms with Gasteiger partial charge in [0.1, 0.15) is 11.6 Å². The molecule has 0 amide bonds. The van der Waals surface area contributed by atoms with Gasteiger partial charge in [-0.2, -0.15) is 0 Å². The van der Waals surface area contributed by atoms with Crippen molar-refractivity contribution >= 4 is 23.3 Å². The first kappa shape index (κ1) is 12.6. The van der Waals surface area contributed by atoms with E-state index in [-0.39, 0.29) is 11.7 Å². The Kier molecular flexibility index (Phi) is 3.99. The molecule has 0 atom stereocenters. The normalized spacial score (nSPS) is 10.4. The number of benzene rings is 1. The second-order valence-corrected chi connectivity index (χ2v) is 3.79. The molecule has 0 bridgehead atoms. The molecule has 0 fully saturated rings. The fraction of sp³-hybridized carbons (Fsp3) is 0.273. The maximum absolute atomic E-state index is 13.5. The number of ether oxygens (including phenoxy) is 1. The Labute approximate surface area is 108 Å². The average Bonchev–Trinajstić information content (AvgIpc) is 2.80. The van der Waals surface area contributed by atoms with Crippen LogP contribution in [0.4, 0.5) is 16.1 Å². The molecule has 96 valence electrons. The number of aromatic nitrogens is 2. The van der Waals surface area contributed by atoms with Crippen LogP contribution in [0.2, 0.25) is 0 Å². The average molecular weight is 272 g/mol. The van der Waals surface area contributed by atoms with E-state index in [0.29, 0.717) is 23.9 Å². The van der Waals surface area contributed by atoms with E-state index in [0.717, 1.165) is 0 Å². The second-order valence-electron chi connectivity index (χ2n) is 3.41. The molecule has 0 aliphatic heterocycles. The van der Waals surface area contributed by atoms with Crippen LogP contribution in [-0.2, 0) is 6.42 Å². The molecule has 0 unspecified atom stereocenters. The van der Waals surface area contributed by atoms with Crippen LogP contribution in [0.3, 0.4) is 0 Å². The number of nitrogens with one attached hydrogen (secondary N) is 1. The Morgan fingerprint density at radius 1 is 1.44 bits per heavy atom. The van der Waals surface area contributed by atoms with Gasteiger partial charge in [0, 0.05) is 18.4 Å². The Bertz CT molecular complexity index is 533. The highest BCUT2D eigenvalue weighted by Crippen LogP contribution is 2.24. The molecule has 1 aromatic carbocycles. The molecule has 0 aliphatic carbocycles. The van der Waals surface area contributed by atoms with Crippen LogP contribution in [-0.4, -0.2) is 23.2 Å². The number of anilines is 2. The lowest BCUT2D eigenvalue weighted by Crippen LogP contribution is -1.95. The number of aryl methyl sites for hydroxylation is 1. The van der Waals surface area contributed by atoms with Crippen molar-refractivity contribution in [2.45, 2.75) is 6.42 Å². The van der Waals surface area contributed by atoms with Gasteiger partial charge < -0.3 is 14.5 Å². The molecule has 7 heteroatoms. The van der Waals surface area contributed by atoms with E-state index >= 15 is 0 Å². The summed E-state index contributed by atoms with van der Waals surface area (Å²) < 4.78 is 23.7. The Balaban J connectivity index is 2.16. The third-order valence-electron chi connectivity index (χ3n) is 2.19. The van der Waals surface area contributed by atoms with Crippen molar-refractivity contribution in [3.8, 4) is 5.75 Å². The largest absolute Gasteiger partial charge is 0.497 e. The van der Waals surface area contributed by atoms with E-state index in [1.165, 1.54) is 25.3 Å². The second kappa shape index (κ2) is 5.68. The van der Waals surface area contributed by atoms with Gasteiger partial charge in [0.25, 0.3) is 0 Å². The Morgan fingerprint density at radius 3 is 3.00 bits per heavy atom. The standard InChI is InChI=1S/C11H11ClFN3O2/c1-17-7-2-3-8(13)9(6-7)14-11-16-15-10(18-11)4-5-12/h2-3,6H,4-5H2,1H3,(H,14,16). The number of alkyl halides is 1. The molecule has 2 aromatic rings. The van der Waals surface area contributed by atoms with Crippen LogP contribution in [0.1, 0.15) is 5.89 Å². The first-order valence-corrected chi connectivity index (χ1v) is 5.75. The van der Waals surface area contributed by atoms with Gasteiger partial charge >= 0.3 is 6.01 Å². The van der Waals surface area contributed by atoms with Crippen LogP contribution in [0.25, 0.3) is 0 Å². The molecule has 0 aliphatic rings. The zero-order chi connectivity index (χ0) is 13.0. The lowest BCUT2D eigenvalue weighted by atomic mass is 10.3. The van der Waals surface area contributed by atoms with Crippen LogP contribution < -0.4 is 10.1 Å². The van der Waals surface area contributed by atoms with E-state index in [1.54, 1.807) is 0 Å². The van der Waals surface area contributed by atoms with Crippen molar-refractivity contribution in [2.75, 3.05) is 18.3 Å². The lowest BCUT2D eigenvalue weighted by molar-refractivity contribution is 0.414. The predicted molar refractivity (Wildman–Crippen MR) is 65.0 cm³/mol. The Morgan fingerprint density at radius 2 is 2.28 bits per heavy atom. The number of hydrogen-bond acceptors (Lipinski definition) is 5. The molecule has 2 rings (SSSR count). The van der Waals surface area contributed by atoms with Gasteiger partial charge in [0.05, 0.1) is 12.8 Å². The van der Waals surface area contributed by atoms with Crippen molar-refractivity contribution in [1.29, 1.82) is 0 Å². The molecule has 0 saturated heterocycles.